The zero-order valence-electron chi connectivity index (χ0n) is 16.7. The van der Waals surface area contributed by atoms with E-state index in [0.29, 0.717) is 13.0 Å². The van der Waals surface area contributed by atoms with Crippen LogP contribution in [0, 0.1) is 0 Å². The van der Waals surface area contributed by atoms with E-state index in [2.05, 4.69) is 12.1 Å². The molecule has 0 aliphatic heterocycles. The highest BCUT2D eigenvalue weighted by molar-refractivity contribution is 6.32. The number of anilines is 1. The van der Waals surface area contributed by atoms with Crippen molar-refractivity contribution in [3.63, 3.8) is 0 Å². The highest BCUT2D eigenvalue weighted by atomic mass is 35.5. The van der Waals surface area contributed by atoms with Crippen LogP contribution in [0.1, 0.15) is 64.9 Å². The monoisotopic (exact) mass is 394 g/mol. The molecule has 1 amide bonds. The average Bonchev–Trinajstić information content (AvgIpc) is 2.71. The third-order valence-corrected chi connectivity index (χ3v) is 5.24. The molecule has 1 saturated carbocycles. The van der Waals surface area contributed by atoms with Gasteiger partial charge >= 0.3 is 0 Å². The maximum Gasteiger partial charge on any atom is 0.247 e. The molecule has 6 heteroatoms. The van der Waals surface area contributed by atoms with Gasteiger partial charge in [-0.05, 0) is 57.1 Å². The molecule has 1 aliphatic rings. The van der Waals surface area contributed by atoms with Crippen LogP contribution >= 0.6 is 11.6 Å². The van der Waals surface area contributed by atoms with Crippen molar-refractivity contribution in [1.82, 2.24) is 0 Å². The van der Waals surface area contributed by atoms with Gasteiger partial charge in [-0.2, -0.15) is 0 Å². The summed E-state index contributed by atoms with van der Waals surface area (Å²) < 4.78 is 5.62. The minimum Gasteiger partial charge on any atom is -0.494 e. The van der Waals surface area contributed by atoms with E-state index in [4.69, 9.17) is 21.2 Å². The lowest BCUT2D eigenvalue weighted by Gasteiger charge is -2.26. The third kappa shape index (κ3) is 6.13. The van der Waals surface area contributed by atoms with Crippen LogP contribution in [0.2, 0.25) is 0 Å². The summed E-state index contributed by atoms with van der Waals surface area (Å²) in [6, 6.07) is 5.80. The molecule has 1 fully saturated rings. The van der Waals surface area contributed by atoms with Gasteiger partial charge in [0.25, 0.3) is 0 Å². The fourth-order valence-corrected chi connectivity index (χ4v) is 3.29. The standard InChI is InChI=1S/C21H31ClN2O3/c1-4-16-12-13-18(26-6-3)14-20(16)24(21(25)19(22)5-2)15-27-23-17-10-8-7-9-11-17/h12-14,19H,4-11,15H2,1-3H3. The molecule has 1 aromatic carbocycles. The minimum absolute atomic E-state index is 0.0497. The fourth-order valence-electron chi connectivity index (χ4n) is 3.18. The molecule has 0 spiro atoms. The molecule has 27 heavy (non-hydrogen) atoms. The van der Waals surface area contributed by atoms with E-state index < -0.39 is 5.38 Å². The first-order chi connectivity index (χ1) is 13.1. The van der Waals surface area contributed by atoms with Crippen LogP contribution in [0.3, 0.4) is 0 Å². The average molecular weight is 395 g/mol. The number of hydrogen-bond donors (Lipinski definition) is 0. The number of ether oxygens (including phenoxy) is 1. The van der Waals surface area contributed by atoms with Gasteiger partial charge in [-0.3, -0.25) is 9.69 Å². The molecule has 0 aromatic heterocycles. The molecular weight excluding hydrogens is 364 g/mol. The number of aryl methyl sites for hydroxylation is 1. The van der Waals surface area contributed by atoms with E-state index >= 15 is 0 Å². The van der Waals surface area contributed by atoms with Gasteiger partial charge in [0.05, 0.1) is 18.0 Å². The molecule has 0 bridgehead atoms. The Balaban J connectivity index is 2.25. The summed E-state index contributed by atoms with van der Waals surface area (Å²) in [5.74, 6) is 0.551. The number of hydrogen-bond acceptors (Lipinski definition) is 4. The zero-order chi connectivity index (χ0) is 19.6. The molecule has 2 rings (SSSR count). The Bertz CT molecular complexity index is 640. The Kier molecular flexibility index (Phi) is 8.92. The zero-order valence-corrected chi connectivity index (χ0v) is 17.4. The number of amides is 1. The first kappa shape index (κ1) is 21.5. The predicted molar refractivity (Wildman–Crippen MR) is 111 cm³/mol. The molecule has 1 aliphatic carbocycles. The maximum atomic E-state index is 12.9. The van der Waals surface area contributed by atoms with E-state index in [1.54, 1.807) is 4.90 Å². The van der Waals surface area contributed by atoms with Crippen molar-refractivity contribution >= 4 is 28.9 Å². The van der Waals surface area contributed by atoms with Crippen molar-refractivity contribution in [2.45, 2.75) is 71.1 Å². The first-order valence-corrected chi connectivity index (χ1v) is 10.4. The molecule has 1 atom stereocenters. The van der Waals surface area contributed by atoms with Gasteiger partial charge in [-0.25, -0.2) is 0 Å². The topological polar surface area (TPSA) is 51.1 Å². The summed E-state index contributed by atoms with van der Waals surface area (Å²) in [6.45, 7) is 6.51. The van der Waals surface area contributed by atoms with Crippen molar-refractivity contribution in [3.8, 4) is 5.75 Å². The van der Waals surface area contributed by atoms with E-state index in [9.17, 15) is 4.79 Å². The van der Waals surface area contributed by atoms with E-state index in [0.717, 1.165) is 54.8 Å². The predicted octanol–water partition coefficient (Wildman–Crippen LogP) is 5.29. The number of rotatable bonds is 9. The van der Waals surface area contributed by atoms with Crippen LogP contribution in [0.15, 0.2) is 23.4 Å². The van der Waals surface area contributed by atoms with Gasteiger partial charge in [0, 0.05) is 6.07 Å². The lowest BCUT2D eigenvalue weighted by molar-refractivity contribution is -0.119. The number of oxime groups is 1. The molecule has 1 aromatic rings. The summed E-state index contributed by atoms with van der Waals surface area (Å²) >= 11 is 6.27. The third-order valence-electron chi connectivity index (χ3n) is 4.74. The second kappa shape index (κ2) is 11.2. The smallest absolute Gasteiger partial charge is 0.247 e. The number of carbonyl (C=O) groups excluding carboxylic acids is 1. The van der Waals surface area contributed by atoms with Crippen LogP contribution in [-0.4, -0.2) is 30.3 Å². The summed E-state index contributed by atoms with van der Waals surface area (Å²) in [6.07, 6.45) is 6.85. The maximum absolute atomic E-state index is 12.9. The van der Waals surface area contributed by atoms with Crippen molar-refractivity contribution in [1.29, 1.82) is 0 Å². The van der Waals surface area contributed by atoms with Crippen LogP contribution in [0.5, 0.6) is 5.75 Å². The van der Waals surface area contributed by atoms with Crippen LogP contribution < -0.4 is 9.64 Å². The SMILES string of the molecule is CCOc1ccc(CC)c(N(CON=C2CCCCC2)C(=O)C(Cl)CC)c1. The van der Waals surface area contributed by atoms with Gasteiger partial charge in [0.15, 0.2) is 6.73 Å². The normalized spacial score (nSPS) is 15.2. The number of halogens is 1. The highest BCUT2D eigenvalue weighted by Gasteiger charge is 2.25. The minimum atomic E-state index is -0.601. The van der Waals surface area contributed by atoms with Crippen LogP contribution in [-0.2, 0) is 16.1 Å². The molecule has 1 unspecified atom stereocenters. The lowest BCUT2D eigenvalue weighted by atomic mass is 9.99. The quantitative estimate of drug-likeness (QED) is 0.324. The van der Waals surface area contributed by atoms with Gasteiger partial charge in [0.2, 0.25) is 5.91 Å². The summed E-state index contributed by atoms with van der Waals surface area (Å²) in [5, 5.41) is 3.68. The Labute approximate surface area is 167 Å². The molecule has 0 radical (unpaired) electrons. The molecule has 150 valence electrons. The highest BCUT2D eigenvalue weighted by Crippen LogP contribution is 2.28. The van der Waals surface area contributed by atoms with E-state index in [-0.39, 0.29) is 12.6 Å². The molecule has 5 nitrogen and oxygen atoms in total. The Morgan fingerprint density at radius 1 is 1.22 bits per heavy atom. The summed E-state index contributed by atoms with van der Waals surface area (Å²) in [5.41, 5.74) is 2.89. The van der Waals surface area contributed by atoms with Crippen molar-refractivity contribution in [3.05, 3.63) is 23.8 Å². The first-order valence-electron chi connectivity index (χ1n) is 9.99. The lowest BCUT2D eigenvalue weighted by Crippen LogP contribution is -2.38. The summed E-state index contributed by atoms with van der Waals surface area (Å²) in [7, 11) is 0. The van der Waals surface area contributed by atoms with Gasteiger partial charge < -0.3 is 9.57 Å². The molecule has 0 saturated heterocycles. The van der Waals surface area contributed by atoms with Gasteiger partial charge in [-0.1, -0.05) is 31.5 Å². The Morgan fingerprint density at radius 2 is 1.96 bits per heavy atom. The van der Waals surface area contributed by atoms with Gasteiger partial charge in [0.1, 0.15) is 11.1 Å². The molecular formula is C21H31ClN2O3. The molecule has 0 heterocycles. The van der Waals surface area contributed by atoms with Gasteiger partial charge in [-0.15, -0.1) is 11.6 Å². The fraction of sp³-hybridized carbons (Fsp3) is 0.619. The Hall–Kier alpha value is -1.75. The number of carbonyl (C=O) groups is 1. The molecule has 0 N–H and O–H groups in total. The van der Waals surface area contributed by atoms with Crippen molar-refractivity contribution < 1.29 is 14.4 Å². The number of alkyl halides is 1. The second-order valence-corrected chi connectivity index (χ2v) is 7.22. The second-order valence-electron chi connectivity index (χ2n) is 6.70. The largest absolute Gasteiger partial charge is 0.494 e. The Morgan fingerprint density at radius 3 is 2.59 bits per heavy atom. The van der Waals surface area contributed by atoms with Crippen molar-refractivity contribution in [2.24, 2.45) is 5.16 Å². The number of nitrogens with zero attached hydrogens (tertiary/aromatic N) is 2. The summed E-state index contributed by atoms with van der Waals surface area (Å²) in [4.78, 5) is 20.1. The van der Waals surface area contributed by atoms with E-state index in [1.807, 2.05) is 32.0 Å². The van der Waals surface area contributed by atoms with E-state index in [1.165, 1.54) is 6.42 Å². The van der Waals surface area contributed by atoms with Crippen LogP contribution in [0.25, 0.3) is 0 Å². The number of benzene rings is 1. The van der Waals surface area contributed by atoms with Crippen LogP contribution in [0.4, 0.5) is 5.69 Å². The van der Waals surface area contributed by atoms with Crippen molar-refractivity contribution in [2.75, 3.05) is 18.2 Å².